The van der Waals surface area contributed by atoms with Crippen LogP contribution in [-0.4, -0.2) is 52.8 Å². The smallest absolute Gasteiger partial charge is 0.150 e. The van der Waals surface area contributed by atoms with Gasteiger partial charge in [0.1, 0.15) is 15.9 Å². The molecule has 1 aliphatic carbocycles. The van der Waals surface area contributed by atoms with Crippen LogP contribution in [0.3, 0.4) is 0 Å². The molecule has 6 nitrogen and oxygen atoms in total. The molecule has 1 saturated carbocycles. The zero-order valence-corrected chi connectivity index (χ0v) is 13.9. The van der Waals surface area contributed by atoms with Crippen LogP contribution < -0.4 is 0 Å². The SMILES string of the molecule is CS(=O)(=O)C[C@@H](O)c1cc2n(n1)CCN(C1CCCCC1)C2. The quantitative estimate of drug-likeness (QED) is 0.896. The van der Waals surface area contributed by atoms with Gasteiger partial charge in [0.15, 0.2) is 0 Å². The zero-order chi connectivity index (χ0) is 15.7. The van der Waals surface area contributed by atoms with Gasteiger partial charge in [-0.05, 0) is 18.9 Å². The van der Waals surface area contributed by atoms with Crippen molar-refractivity contribution in [2.24, 2.45) is 0 Å². The fraction of sp³-hybridized carbons (Fsp3) is 0.800. The average molecular weight is 327 g/mol. The average Bonchev–Trinajstić information content (AvgIpc) is 2.89. The molecule has 3 rings (SSSR count). The van der Waals surface area contributed by atoms with Crippen molar-refractivity contribution in [2.75, 3.05) is 18.6 Å². The van der Waals surface area contributed by atoms with Crippen molar-refractivity contribution in [3.63, 3.8) is 0 Å². The highest BCUT2D eigenvalue weighted by molar-refractivity contribution is 7.90. The molecule has 0 amide bonds. The van der Waals surface area contributed by atoms with E-state index in [9.17, 15) is 13.5 Å². The first-order chi connectivity index (χ1) is 10.4. The molecule has 1 N–H and O–H groups in total. The Morgan fingerprint density at radius 2 is 2.05 bits per heavy atom. The highest BCUT2D eigenvalue weighted by Gasteiger charge is 2.27. The molecule has 2 aliphatic rings. The molecular formula is C15H25N3O3S. The summed E-state index contributed by atoms with van der Waals surface area (Å²) in [5.74, 6) is -0.268. The zero-order valence-electron chi connectivity index (χ0n) is 13.1. The lowest BCUT2D eigenvalue weighted by Crippen LogP contribution is -2.42. The summed E-state index contributed by atoms with van der Waals surface area (Å²) in [6, 6.07) is 2.53. The van der Waals surface area contributed by atoms with Crippen molar-refractivity contribution in [1.29, 1.82) is 0 Å². The Morgan fingerprint density at radius 3 is 2.73 bits per heavy atom. The Hall–Kier alpha value is -0.920. The van der Waals surface area contributed by atoms with Crippen LogP contribution in [0.15, 0.2) is 6.07 Å². The Bertz CT molecular complexity index is 620. The second-order valence-corrected chi connectivity index (χ2v) is 8.84. The molecular weight excluding hydrogens is 302 g/mol. The summed E-state index contributed by atoms with van der Waals surface area (Å²) in [7, 11) is -3.21. The monoisotopic (exact) mass is 327 g/mol. The first-order valence-electron chi connectivity index (χ1n) is 8.09. The second-order valence-electron chi connectivity index (χ2n) is 6.65. The van der Waals surface area contributed by atoms with E-state index >= 15 is 0 Å². The molecule has 7 heteroatoms. The Kier molecular flexibility index (Phi) is 4.56. The van der Waals surface area contributed by atoms with Gasteiger partial charge in [0.05, 0.1) is 23.7 Å². The summed E-state index contributed by atoms with van der Waals surface area (Å²) >= 11 is 0. The third-order valence-electron chi connectivity index (χ3n) is 4.74. The summed E-state index contributed by atoms with van der Waals surface area (Å²) in [4.78, 5) is 2.52. The van der Waals surface area contributed by atoms with Gasteiger partial charge in [-0.2, -0.15) is 5.10 Å². The molecule has 0 unspecified atom stereocenters. The minimum Gasteiger partial charge on any atom is -0.386 e. The number of aliphatic hydroxyl groups is 1. The van der Waals surface area contributed by atoms with Crippen molar-refractivity contribution in [3.05, 3.63) is 17.5 Å². The van der Waals surface area contributed by atoms with Gasteiger partial charge in [0.25, 0.3) is 0 Å². The highest BCUT2D eigenvalue weighted by Crippen LogP contribution is 2.27. The summed E-state index contributed by atoms with van der Waals surface area (Å²) in [5, 5.41) is 14.4. The van der Waals surface area contributed by atoms with E-state index in [1.54, 1.807) is 0 Å². The molecule has 0 radical (unpaired) electrons. The van der Waals surface area contributed by atoms with Gasteiger partial charge < -0.3 is 5.11 Å². The lowest BCUT2D eigenvalue weighted by atomic mass is 9.94. The predicted octanol–water partition coefficient (Wildman–Crippen LogP) is 1.11. The predicted molar refractivity (Wildman–Crippen MR) is 84.2 cm³/mol. The maximum Gasteiger partial charge on any atom is 0.150 e. The van der Waals surface area contributed by atoms with E-state index in [1.807, 2.05) is 10.7 Å². The Morgan fingerprint density at radius 1 is 1.32 bits per heavy atom. The van der Waals surface area contributed by atoms with Crippen LogP contribution in [0.2, 0.25) is 0 Å². The van der Waals surface area contributed by atoms with E-state index in [4.69, 9.17) is 0 Å². The molecule has 0 aromatic carbocycles. The molecule has 1 atom stereocenters. The van der Waals surface area contributed by atoms with E-state index in [2.05, 4.69) is 10.00 Å². The number of nitrogens with zero attached hydrogens (tertiary/aromatic N) is 3. The summed E-state index contributed by atoms with van der Waals surface area (Å²) in [5.41, 5.74) is 1.56. The number of sulfone groups is 1. The van der Waals surface area contributed by atoms with Crippen molar-refractivity contribution >= 4 is 9.84 Å². The van der Waals surface area contributed by atoms with Crippen molar-refractivity contribution in [3.8, 4) is 0 Å². The van der Waals surface area contributed by atoms with E-state index < -0.39 is 15.9 Å². The van der Waals surface area contributed by atoms with Crippen LogP contribution in [-0.2, 0) is 22.9 Å². The van der Waals surface area contributed by atoms with Crippen LogP contribution in [0.4, 0.5) is 0 Å². The fourth-order valence-corrected chi connectivity index (χ4v) is 4.35. The van der Waals surface area contributed by atoms with Crippen LogP contribution in [0, 0.1) is 0 Å². The molecule has 1 aromatic rings. The molecule has 124 valence electrons. The molecule has 1 aliphatic heterocycles. The lowest BCUT2D eigenvalue weighted by Gasteiger charge is -2.36. The third kappa shape index (κ3) is 3.70. The molecule has 0 saturated heterocycles. The van der Waals surface area contributed by atoms with Gasteiger partial charge in [-0.3, -0.25) is 9.58 Å². The first kappa shape index (κ1) is 16.0. The molecule has 1 fully saturated rings. The normalized spacial score (nSPS) is 22.5. The fourth-order valence-electron chi connectivity index (χ4n) is 3.60. The number of hydrogen-bond acceptors (Lipinski definition) is 5. The summed E-state index contributed by atoms with van der Waals surface area (Å²) < 4.78 is 24.5. The topological polar surface area (TPSA) is 75.4 Å². The standard InChI is InChI=1S/C15H25N3O3S/c1-22(20,21)11-15(19)14-9-13-10-17(7-8-18(13)16-14)12-5-3-2-4-6-12/h9,12,15,19H,2-8,10-11H2,1H3/t15-/m1/s1. The van der Waals surface area contributed by atoms with Gasteiger partial charge >= 0.3 is 0 Å². The second kappa shape index (κ2) is 6.29. The number of fused-ring (bicyclic) bond motifs is 1. The van der Waals surface area contributed by atoms with Crippen LogP contribution in [0.1, 0.15) is 49.6 Å². The van der Waals surface area contributed by atoms with E-state index in [-0.39, 0.29) is 5.75 Å². The van der Waals surface area contributed by atoms with Crippen LogP contribution >= 0.6 is 0 Å². The van der Waals surface area contributed by atoms with Crippen LogP contribution in [0.5, 0.6) is 0 Å². The van der Waals surface area contributed by atoms with Gasteiger partial charge in [-0.15, -0.1) is 0 Å². The number of aliphatic hydroxyl groups excluding tert-OH is 1. The molecule has 1 aromatic heterocycles. The van der Waals surface area contributed by atoms with E-state index in [0.717, 1.165) is 31.6 Å². The van der Waals surface area contributed by atoms with Gasteiger partial charge in [0.2, 0.25) is 0 Å². The van der Waals surface area contributed by atoms with E-state index in [0.29, 0.717) is 11.7 Å². The number of aromatic nitrogens is 2. The Balaban J connectivity index is 1.69. The first-order valence-corrected chi connectivity index (χ1v) is 10.1. The van der Waals surface area contributed by atoms with Crippen molar-refractivity contribution in [1.82, 2.24) is 14.7 Å². The molecule has 22 heavy (non-hydrogen) atoms. The minimum atomic E-state index is -3.21. The minimum absolute atomic E-state index is 0.268. The van der Waals surface area contributed by atoms with Crippen molar-refractivity contribution < 1.29 is 13.5 Å². The van der Waals surface area contributed by atoms with E-state index in [1.165, 1.54) is 32.1 Å². The summed E-state index contributed by atoms with van der Waals surface area (Å²) in [6.45, 7) is 2.65. The largest absolute Gasteiger partial charge is 0.386 e. The van der Waals surface area contributed by atoms with Crippen LogP contribution in [0.25, 0.3) is 0 Å². The maximum absolute atomic E-state index is 11.3. The molecule has 0 bridgehead atoms. The van der Waals surface area contributed by atoms with Crippen molar-refractivity contribution in [2.45, 2.75) is 57.3 Å². The Labute approximate surface area is 132 Å². The maximum atomic E-state index is 11.3. The summed E-state index contributed by atoms with van der Waals surface area (Å²) in [6.07, 6.45) is 6.64. The molecule has 2 heterocycles. The highest BCUT2D eigenvalue weighted by atomic mass is 32.2. The third-order valence-corrected chi connectivity index (χ3v) is 5.66. The lowest BCUT2D eigenvalue weighted by molar-refractivity contribution is 0.119. The number of hydrogen-bond donors (Lipinski definition) is 1. The van der Waals surface area contributed by atoms with Gasteiger partial charge in [-0.1, -0.05) is 19.3 Å². The number of rotatable bonds is 4. The van der Waals surface area contributed by atoms with Gasteiger partial charge in [0, 0.05) is 25.4 Å². The van der Waals surface area contributed by atoms with Gasteiger partial charge in [-0.25, -0.2) is 8.42 Å². The molecule has 0 spiro atoms.